The normalized spacial score (nSPS) is 14.1. The third-order valence-electron chi connectivity index (χ3n) is 1.21. The Hall–Kier alpha value is 1.08. The quantitative estimate of drug-likeness (QED) is 0.798. The molecule has 2 N–H and O–H groups in total. The van der Waals surface area contributed by atoms with Crippen LogP contribution in [0, 0.1) is 5.92 Å². The highest BCUT2D eigenvalue weighted by atomic mass is 35.6. The van der Waals surface area contributed by atoms with Gasteiger partial charge in [0.15, 0.2) is 0 Å². The van der Waals surface area contributed by atoms with Gasteiger partial charge in [-0.25, -0.2) is 0 Å². The number of halogens is 4. The highest BCUT2D eigenvalue weighted by Gasteiger charge is 2.32. The lowest BCUT2D eigenvalue weighted by molar-refractivity contribution is 0.0438. The third kappa shape index (κ3) is 8.10. The Kier molecular flexibility index (Phi) is 9.37. The molecule has 0 saturated heterocycles. The highest BCUT2D eigenvalue weighted by molar-refractivity contribution is 6.68. The van der Waals surface area contributed by atoms with Crippen LogP contribution in [0.3, 0.4) is 0 Å². The van der Waals surface area contributed by atoms with Gasteiger partial charge in [-0.3, -0.25) is 0 Å². The second kappa shape index (κ2) is 7.38. The van der Waals surface area contributed by atoms with E-state index in [0.717, 1.165) is 0 Å². The second-order valence-electron chi connectivity index (χ2n) is 2.99. The molecule has 0 saturated carbocycles. The van der Waals surface area contributed by atoms with E-state index in [1.54, 1.807) is 0 Å². The van der Waals surface area contributed by atoms with Crippen molar-refractivity contribution < 1.29 is 4.74 Å². The van der Waals surface area contributed by atoms with Crippen LogP contribution < -0.4 is 5.73 Å². The smallest absolute Gasteiger partial charge is 0.217 e. The minimum atomic E-state index is -1.43. The maximum absolute atomic E-state index is 5.61. The van der Waals surface area contributed by atoms with Crippen molar-refractivity contribution in [2.24, 2.45) is 11.7 Å². The predicted molar refractivity (Wildman–Crippen MR) is 61.2 cm³/mol. The van der Waals surface area contributed by atoms with E-state index in [4.69, 9.17) is 45.3 Å². The standard InChI is InChI=1S/C7H14Cl3NO.ClH/c1-5(2)4-12-6(3-11)7(8,9)10;/h5-6H,3-4,11H2,1-2H3;1H. The Bertz CT molecular complexity index is 126. The molecule has 0 fully saturated rings. The van der Waals surface area contributed by atoms with Crippen molar-refractivity contribution in [2.45, 2.75) is 23.7 Å². The van der Waals surface area contributed by atoms with E-state index in [1.165, 1.54) is 0 Å². The molecular weight excluding hydrogens is 256 g/mol. The van der Waals surface area contributed by atoms with Gasteiger partial charge in [0.05, 0.1) is 0 Å². The first-order valence-corrected chi connectivity index (χ1v) is 4.89. The Morgan fingerprint density at radius 1 is 1.31 bits per heavy atom. The van der Waals surface area contributed by atoms with Crippen LogP contribution in [-0.2, 0) is 4.74 Å². The molecule has 1 atom stereocenters. The van der Waals surface area contributed by atoms with E-state index in [1.807, 2.05) is 13.8 Å². The summed E-state index contributed by atoms with van der Waals surface area (Å²) < 4.78 is 3.87. The Morgan fingerprint density at radius 3 is 2.00 bits per heavy atom. The summed E-state index contributed by atoms with van der Waals surface area (Å²) in [5.74, 6) is 0.409. The summed E-state index contributed by atoms with van der Waals surface area (Å²) in [5.41, 5.74) is 5.37. The van der Waals surface area contributed by atoms with E-state index < -0.39 is 9.90 Å². The summed E-state index contributed by atoms with van der Waals surface area (Å²) in [6.45, 7) is 4.80. The maximum atomic E-state index is 5.61. The SMILES string of the molecule is CC(C)COC(CN)C(Cl)(Cl)Cl.Cl. The molecule has 0 aliphatic rings. The first-order chi connectivity index (χ1) is 5.38. The molecule has 2 nitrogen and oxygen atoms in total. The fourth-order valence-corrected chi connectivity index (χ4v) is 1.06. The van der Waals surface area contributed by atoms with Crippen molar-refractivity contribution in [2.75, 3.05) is 13.2 Å². The number of hydrogen-bond donors (Lipinski definition) is 1. The van der Waals surface area contributed by atoms with Crippen molar-refractivity contribution in [3.63, 3.8) is 0 Å². The molecule has 82 valence electrons. The van der Waals surface area contributed by atoms with Gasteiger partial charge in [0.1, 0.15) is 6.10 Å². The number of nitrogens with two attached hydrogens (primary N) is 1. The largest absolute Gasteiger partial charge is 0.372 e. The molecule has 0 amide bonds. The zero-order valence-corrected chi connectivity index (χ0v) is 10.7. The van der Waals surface area contributed by atoms with Crippen LogP contribution in [0.2, 0.25) is 0 Å². The average Bonchev–Trinajstić information content (AvgIpc) is 1.85. The van der Waals surface area contributed by atoms with Crippen molar-refractivity contribution in [1.29, 1.82) is 0 Å². The maximum Gasteiger partial charge on any atom is 0.217 e. The molecule has 0 aromatic carbocycles. The van der Waals surface area contributed by atoms with Gasteiger partial charge in [-0.1, -0.05) is 48.7 Å². The van der Waals surface area contributed by atoms with Gasteiger partial charge in [0.2, 0.25) is 3.79 Å². The predicted octanol–water partition coefficient (Wildman–Crippen LogP) is 2.78. The van der Waals surface area contributed by atoms with Gasteiger partial charge in [0.25, 0.3) is 0 Å². The average molecular weight is 271 g/mol. The van der Waals surface area contributed by atoms with Gasteiger partial charge < -0.3 is 10.5 Å². The topological polar surface area (TPSA) is 35.2 Å². The van der Waals surface area contributed by atoms with Crippen LogP contribution >= 0.6 is 47.2 Å². The lowest BCUT2D eigenvalue weighted by atomic mass is 10.2. The summed E-state index contributed by atoms with van der Waals surface area (Å²) in [4.78, 5) is 0. The van der Waals surface area contributed by atoms with Crippen molar-refractivity contribution >= 4 is 47.2 Å². The zero-order chi connectivity index (χ0) is 9.78. The van der Waals surface area contributed by atoms with Crippen molar-refractivity contribution in [3.8, 4) is 0 Å². The Labute approximate surface area is 100 Å². The summed E-state index contributed by atoms with van der Waals surface area (Å²) >= 11 is 16.8. The molecule has 0 aromatic heterocycles. The molecule has 0 rings (SSSR count). The fraction of sp³-hybridized carbons (Fsp3) is 1.00. The van der Waals surface area contributed by atoms with Gasteiger partial charge in [-0.2, -0.15) is 0 Å². The summed E-state index contributed by atoms with van der Waals surface area (Å²) in [6.07, 6.45) is -0.523. The second-order valence-corrected chi connectivity index (χ2v) is 5.36. The number of ether oxygens (including phenoxy) is 1. The molecule has 0 heterocycles. The van der Waals surface area contributed by atoms with Crippen LogP contribution in [0.4, 0.5) is 0 Å². The van der Waals surface area contributed by atoms with E-state index in [0.29, 0.717) is 12.5 Å². The summed E-state index contributed by atoms with van der Waals surface area (Å²) in [7, 11) is 0. The zero-order valence-electron chi connectivity index (χ0n) is 7.60. The van der Waals surface area contributed by atoms with Crippen LogP contribution in [0.15, 0.2) is 0 Å². The van der Waals surface area contributed by atoms with Gasteiger partial charge in [-0.15, -0.1) is 12.4 Å². The summed E-state index contributed by atoms with van der Waals surface area (Å²) in [6, 6.07) is 0. The molecule has 0 aromatic rings. The minimum Gasteiger partial charge on any atom is -0.372 e. The molecule has 1 unspecified atom stereocenters. The van der Waals surface area contributed by atoms with Gasteiger partial charge in [0, 0.05) is 13.2 Å². The van der Waals surface area contributed by atoms with E-state index >= 15 is 0 Å². The first kappa shape index (κ1) is 16.5. The molecular formula is C7H15Cl4NO. The lowest BCUT2D eigenvalue weighted by Crippen LogP contribution is -2.36. The first-order valence-electron chi connectivity index (χ1n) is 3.76. The van der Waals surface area contributed by atoms with Crippen LogP contribution in [0.25, 0.3) is 0 Å². The molecule has 0 bridgehead atoms. The highest BCUT2D eigenvalue weighted by Crippen LogP contribution is 2.31. The third-order valence-corrected chi connectivity index (χ3v) is 1.94. The van der Waals surface area contributed by atoms with Crippen molar-refractivity contribution in [3.05, 3.63) is 0 Å². The molecule has 0 spiro atoms. The van der Waals surface area contributed by atoms with Crippen molar-refractivity contribution in [1.82, 2.24) is 0 Å². The molecule has 6 heteroatoms. The number of hydrogen-bond acceptors (Lipinski definition) is 2. The number of alkyl halides is 3. The van der Waals surface area contributed by atoms with Crippen LogP contribution in [0.5, 0.6) is 0 Å². The fourth-order valence-electron chi connectivity index (χ4n) is 0.605. The minimum absolute atomic E-state index is 0. The van der Waals surface area contributed by atoms with E-state index in [-0.39, 0.29) is 19.0 Å². The van der Waals surface area contributed by atoms with E-state index in [2.05, 4.69) is 0 Å². The molecule has 0 aliphatic heterocycles. The van der Waals surface area contributed by atoms with Gasteiger partial charge in [-0.05, 0) is 5.92 Å². The molecule has 13 heavy (non-hydrogen) atoms. The number of rotatable bonds is 4. The molecule has 0 radical (unpaired) electrons. The van der Waals surface area contributed by atoms with Crippen LogP contribution in [0.1, 0.15) is 13.8 Å². The lowest BCUT2D eigenvalue weighted by Gasteiger charge is -2.23. The monoisotopic (exact) mass is 269 g/mol. The molecule has 0 aliphatic carbocycles. The van der Waals surface area contributed by atoms with E-state index in [9.17, 15) is 0 Å². The summed E-state index contributed by atoms with van der Waals surface area (Å²) in [5, 5.41) is 0. The van der Waals surface area contributed by atoms with Crippen LogP contribution in [-0.4, -0.2) is 23.0 Å². The Balaban J connectivity index is 0. The van der Waals surface area contributed by atoms with Gasteiger partial charge >= 0.3 is 0 Å². The Morgan fingerprint density at radius 2 is 1.77 bits per heavy atom.